The fourth-order valence-corrected chi connectivity index (χ4v) is 3.96. The van der Waals surface area contributed by atoms with E-state index < -0.39 is 12.6 Å². The van der Waals surface area contributed by atoms with Crippen molar-refractivity contribution in [2.75, 3.05) is 11.5 Å². The Balaban J connectivity index is 1.49. The van der Waals surface area contributed by atoms with Gasteiger partial charge in [-0.3, -0.25) is 9.59 Å². The van der Waals surface area contributed by atoms with Crippen molar-refractivity contribution < 1.29 is 19.1 Å². The molecule has 1 amide bonds. The van der Waals surface area contributed by atoms with Crippen molar-refractivity contribution in [2.45, 2.75) is 19.4 Å². The molecule has 0 saturated heterocycles. The number of ketones is 1. The van der Waals surface area contributed by atoms with Crippen molar-refractivity contribution in [3.05, 3.63) is 100 Å². The Morgan fingerprint density at radius 1 is 0.935 bits per heavy atom. The number of carbonyl (C=O) groups is 3. The van der Waals surface area contributed by atoms with Gasteiger partial charge < -0.3 is 9.64 Å². The summed E-state index contributed by atoms with van der Waals surface area (Å²) < 4.78 is 5.31. The van der Waals surface area contributed by atoms with Crippen molar-refractivity contribution >= 4 is 34.9 Å². The molecule has 0 aliphatic carbocycles. The number of halogens is 1. The smallest absolute Gasteiger partial charge is 0.339 e. The van der Waals surface area contributed by atoms with Crippen molar-refractivity contribution in [1.82, 2.24) is 0 Å². The quantitative estimate of drug-likeness (QED) is 0.432. The summed E-state index contributed by atoms with van der Waals surface area (Å²) in [7, 11) is 0. The summed E-state index contributed by atoms with van der Waals surface area (Å²) in [6, 6.07) is 20.5. The monoisotopic (exact) mass is 433 g/mol. The Labute approximate surface area is 185 Å². The predicted octanol–water partition coefficient (Wildman–Crippen LogP) is 4.71. The number of fused-ring (bicyclic) bond motifs is 1. The molecule has 1 aliphatic heterocycles. The molecule has 0 saturated carbocycles. The van der Waals surface area contributed by atoms with Crippen LogP contribution in [0.15, 0.2) is 72.8 Å². The van der Waals surface area contributed by atoms with Gasteiger partial charge in [0.05, 0.1) is 5.56 Å². The Hall–Kier alpha value is -3.44. The number of ether oxygens (including phenoxy) is 1. The topological polar surface area (TPSA) is 63.7 Å². The molecule has 0 bridgehead atoms. The van der Waals surface area contributed by atoms with Gasteiger partial charge in [0.1, 0.15) is 0 Å². The summed E-state index contributed by atoms with van der Waals surface area (Å²) in [6.45, 7) is 1.56. The maximum atomic E-state index is 12.9. The third kappa shape index (κ3) is 4.23. The van der Waals surface area contributed by atoms with E-state index in [2.05, 4.69) is 0 Å². The van der Waals surface area contributed by atoms with E-state index in [1.54, 1.807) is 47.4 Å². The Kier molecular flexibility index (Phi) is 5.87. The molecule has 0 N–H and O–H groups in total. The number of para-hydroxylation sites is 1. The van der Waals surface area contributed by atoms with Gasteiger partial charge in [-0.25, -0.2) is 4.79 Å². The van der Waals surface area contributed by atoms with Gasteiger partial charge >= 0.3 is 5.97 Å². The molecule has 4 rings (SSSR count). The lowest BCUT2D eigenvalue weighted by atomic mass is 9.98. The number of carbonyl (C=O) groups excluding carboxylic acids is 3. The Morgan fingerprint density at radius 3 is 2.32 bits per heavy atom. The molecule has 31 heavy (non-hydrogen) atoms. The zero-order chi connectivity index (χ0) is 22.0. The zero-order valence-electron chi connectivity index (χ0n) is 16.9. The lowest BCUT2D eigenvalue weighted by Gasteiger charge is -2.22. The van der Waals surface area contributed by atoms with Crippen LogP contribution in [0.1, 0.15) is 38.8 Å². The molecule has 0 unspecified atom stereocenters. The average Bonchev–Trinajstić information content (AvgIpc) is 3.13. The number of hydrogen-bond donors (Lipinski definition) is 0. The fraction of sp³-hybridized carbons (Fsp3) is 0.160. The lowest BCUT2D eigenvalue weighted by molar-refractivity contribution is -0.122. The van der Waals surface area contributed by atoms with Gasteiger partial charge in [0.2, 0.25) is 0 Å². The summed E-state index contributed by atoms with van der Waals surface area (Å²) in [6.07, 6.45) is 0.758. The normalized spacial score (nSPS) is 14.8. The molecule has 0 fully saturated rings. The summed E-state index contributed by atoms with van der Waals surface area (Å²) in [5.41, 5.74) is 2.67. The van der Waals surface area contributed by atoms with E-state index in [0.717, 1.165) is 17.7 Å². The van der Waals surface area contributed by atoms with Crippen molar-refractivity contribution in [3.8, 4) is 0 Å². The molecule has 0 aromatic heterocycles. The minimum atomic E-state index is -0.716. The van der Waals surface area contributed by atoms with Gasteiger partial charge in [-0.15, -0.1) is 0 Å². The van der Waals surface area contributed by atoms with Crippen LogP contribution < -0.4 is 4.90 Å². The summed E-state index contributed by atoms with van der Waals surface area (Å²) in [5, 5.41) is 0.514. The van der Waals surface area contributed by atoms with Crippen molar-refractivity contribution in [3.63, 3.8) is 0 Å². The molecule has 3 aromatic carbocycles. The van der Waals surface area contributed by atoms with Crippen molar-refractivity contribution in [2.24, 2.45) is 0 Å². The minimum Gasteiger partial charge on any atom is -0.452 e. The second-order valence-electron chi connectivity index (χ2n) is 7.40. The van der Waals surface area contributed by atoms with Crippen LogP contribution >= 0.6 is 11.6 Å². The molecular formula is C25H20ClNO4. The number of benzene rings is 3. The van der Waals surface area contributed by atoms with Gasteiger partial charge in [0.25, 0.3) is 5.91 Å². The fourth-order valence-electron chi connectivity index (χ4n) is 3.84. The number of esters is 1. The maximum Gasteiger partial charge on any atom is 0.339 e. The van der Waals surface area contributed by atoms with Crippen LogP contribution in [0.5, 0.6) is 0 Å². The van der Waals surface area contributed by atoms with Crippen LogP contribution in [0.4, 0.5) is 5.69 Å². The number of amides is 1. The van der Waals surface area contributed by atoms with E-state index in [1.807, 2.05) is 31.2 Å². The van der Waals surface area contributed by atoms with E-state index in [0.29, 0.717) is 10.6 Å². The van der Waals surface area contributed by atoms with E-state index >= 15 is 0 Å². The first kappa shape index (κ1) is 20.8. The van der Waals surface area contributed by atoms with Crippen LogP contribution in [-0.2, 0) is 16.0 Å². The maximum absolute atomic E-state index is 12.9. The van der Waals surface area contributed by atoms with Crippen LogP contribution in [0.25, 0.3) is 0 Å². The van der Waals surface area contributed by atoms with Crippen LogP contribution in [0.2, 0.25) is 5.02 Å². The zero-order valence-corrected chi connectivity index (χ0v) is 17.6. The lowest BCUT2D eigenvalue weighted by Crippen LogP contribution is -2.38. The van der Waals surface area contributed by atoms with Gasteiger partial charge in [-0.2, -0.15) is 0 Å². The SMILES string of the molecule is C[C@@H]1Cc2ccccc2N1C(=O)COC(=O)c1ccccc1C(=O)c1ccc(Cl)cc1. The van der Waals surface area contributed by atoms with E-state index in [9.17, 15) is 14.4 Å². The molecule has 156 valence electrons. The highest BCUT2D eigenvalue weighted by molar-refractivity contribution is 6.30. The molecule has 3 aromatic rings. The molecule has 1 atom stereocenters. The van der Waals surface area contributed by atoms with Crippen LogP contribution in [-0.4, -0.2) is 30.3 Å². The highest BCUT2D eigenvalue weighted by atomic mass is 35.5. The van der Waals surface area contributed by atoms with Crippen molar-refractivity contribution in [1.29, 1.82) is 0 Å². The van der Waals surface area contributed by atoms with E-state index in [1.165, 1.54) is 6.07 Å². The number of anilines is 1. The van der Waals surface area contributed by atoms with Gasteiger partial charge in [0.15, 0.2) is 12.4 Å². The molecular weight excluding hydrogens is 414 g/mol. The third-order valence-corrected chi connectivity index (χ3v) is 5.55. The first-order valence-electron chi connectivity index (χ1n) is 9.92. The third-order valence-electron chi connectivity index (χ3n) is 5.30. The Morgan fingerprint density at radius 2 is 1.58 bits per heavy atom. The minimum absolute atomic E-state index is 0.0117. The summed E-state index contributed by atoms with van der Waals surface area (Å²) in [4.78, 5) is 40.1. The highest BCUT2D eigenvalue weighted by Crippen LogP contribution is 2.31. The molecule has 5 nitrogen and oxygen atoms in total. The average molecular weight is 434 g/mol. The molecule has 0 spiro atoms. The summed E-state index contributed by atoms with van der Waals surface area (Å²) >= 11 is 5.89. The molecule has 6 heteroatoms. The number of rotatable bonds is 5. The highest BCUT2D eigenvalue weighted by Gasteiger charge is 2.31. The van der Waals surface area contributed by atoms with Gasteiger partial charge in [-0.05, 0) is 55.3 Å². The molecule has 0 radical (unpaired) electrons. The number of nitrogens with zero attached hydrogens (tertiary/aromatic N) is 1. The second-order valence-corrected chi connectivity index (χ2v) is 7.84. The van der Waals surface area contributed by atoms with Crippen LogP contribution in [0.3, 0.4) is 0 Å². The standard InChI is InChI=1S/C25H20ClNO4/c1-16-14-18-6-2-5-9-22(18)27(16)23(28)15-31-25(30)21-8-4-3-7-20(21)24(29)17-10-12-19(26)13-11-17/h2-13,16H,14-15H2,1H3/t16-/m1/s1. The summed E-state index contributed by atoms with van der Waals surface area (Å²) in [5.74, 6) is -1.34. The van der Waals surface area contributed by atoms with Gasteiger partial charge in [-0.1, -0.05) is 48.0 Å². The second kappa shape index (κ2) is 8.74. The first-order valence-corrected chi connectivity index (χ1v) is 10.3. The van der Waals surface area contributed by atoms with Crippen LogP contribution in [0, 0.1) is 0 Å². The molecule has 1 heterocycles. The number of hydrogen-bond acceptors (Lipinski definition) is 4. The molecule has 1 aliphatic rings. The van der Waals surface area contributed by atoms with E-state index in [4.69, 9.17) is 16.3 Å². The van der Waals surface area contributed by atoms with Gasteiger partial charge in [0, 0.05) is 27.9 Å². The first-order chi connectivity index (χ1) is 15.0. The predicted molar refractivity (Wildman–Crippen MR) is 119 cm³/mol. The largest absolute Gasteiger partial charge is 0.452 e. The Bertz CT molecular complexity index is 1160. The van der Waals surface area contributed by atoms with E-state index in [-0.39, 0.29) is 28.9 Å².